The second-order valence-corrected chi connectivity index (χ2v) is 9.53. The van der Waals surface area contributed by atoms with Crippen LogP contribution in [0.25, 0.3) is 20.7 Å². The second kappa shape index (κ2) is 11.5. The average molecular weight is 517 g/mol. The summed E-state index contributed by atoms with van der Waals surface area (Å²) in [6, 6.07) is 7.71. The Balaban J connectivity index is 0.00000181. The first-order chi connectivity index (χ1) is 14.5. The van der Waals surface area contributed by atoms with Crippen molar-refractivity contribution in [3.63, 3.8) is 0 Å². The molecule has 32 heavy (non-hydrogen) atoms. The lowest BCUT2D eigenvalue weighted by Gasteiger charge is -2.34. The highest BCUT2D eigenvalue weighted by Crippen LogP contribution is 2.37. The van der Waals surface area contributed by atoms with Gasteiger partial charge in [0.15, 0.2) is 0 Å². The molecule has 1 aromatic carbocycles. The Kier molecular flexibility index (Phi) is 9.54. The van der Waals surface area contributed by atoms with Crippen LogP contribution in [-0.2, 0) is 0 Å². The maximum atomic E-state index is 12.2. The Morgan fingerprint density at radius 3 is 2.75 bits per heavy atom. The van der Waals surface area contributed by atoms with Gasteiger partial charge in [0.25, 0.3) is 5.91 Å². The summed E-state index contributed by atoms with van der Waals surface area (Å²) in [5.41, 5.74) is 1.69. The van der Waals surface area contributed by atoms with E-state index in [-0.39, 0.29) is 30.7 Å². The summed E-state index contributed by atoms with van der Waals surface area (Å²) in [4.78, 5) is 22.2. The molecule has 4 rings (SSSR count). The molecular weight excluding hydrogens is 489 g/mol. The van der Waals surface area contributed by atoms with Crippen LogP contribution < -0.4 is 16.0 Å². The number of aromatic nitrogens is 2. The van der Waals surface area contributed by atoms with Crippen molar-refractivity contribution in [2.75, 3.05) is 32.0 Å². The third-order valence-corrected chi connectivity index (χ3v) is 7.22. The number of amides is 1. The minimum atomic E-state index is -0.104. The largest absolute Gasteiger partial charge is 0.355 e. The summed E-state index contributed by atoms with van der Waals surface area (Å²) >= 11 is 8.01. The van der Waals surface area contributed by atoms with Crippen molar-refractivity contribution in [3.8, 4) is 10.6 Å². The fourth-order valence-corrected chi connectivity index (χ4v) is 5.23. The Morgan fingerprint density at radius 2 is 2.03 bits per heavy atom. The quantitative estimate of drug-likeness (QED) is 0.408. The van der Waals surface area contributed by atoms with Crippen molar-refractivity contribution in [1.82, 2.24) is 20.6 Å². The van der Waals surface area contributed by atoms with Gasteiger partial charge in [-0.25, -0.2) is 9.97 Å². The number of nitrogens with zero attached hydrogens (tertiary/aromatic N) is 2. The van der Waals surface area contributed by atoms with Gasteiger partial charge in [-0.1, -0.05) is 24.6 Å². The zero-order chi connectivity index (χ0) is 21.1. The van der Waals surface area contributed by atoms with E-state index < -0.39 is 0 Å². The SMILES string of the molecule is CNC(=O)c1cccc2sc(-c3nc(NCCC4(C)CCNCC4)ncc3Cl)cc12.Cl.Cl. The van der Waals surface area contributed by atoms with Crippen LogP contribution in [0.1, 0.15) is 36.5 Å². The zero-order valence-electron chi connectivity index (χ0n) is 18.0. The van der Waals surface area contributed by atoms with Gasteiger partial charge < -0.3 is 16.0 Å². The standard InChI is InChI=1S/C22H26ClN5OS.2ClH/c1-22(6-9-25-10-7-22)8-11-26-21-27-13-16(23)19(28-21)18-12-15-14(20(29)24-2)4-3-5-17(15)30-18;;/h3-5,12-13,25H,6-11H2,1-2H3,(H,24,29)(H,26,27,28);2*1H. The van der Waals surface area contributed by atoms with Crippen molar-refractivity contribution in [1.29, 1.82) is 0 Å². The van der Waals surface area contributed by atoms with E-state index in [1.165, 1.54) is 12.8 Å². The number of fused-ring (bicyclic) bond motifs is 1. The molecule has 0 saturated carbocycles. The number of thiophene rings is 1. The summed E-state index contributed by atoms with van der Waals surface area (Å²) < 4.78 is 1.02. The summed E-state index contributed by atoms with van der Waals surface area (Å²) in [7, 11) is 1.64. The molecule has 0 unspecified atom stereocenters. The average Bonchev–Trinajstić information content (AvgIpc) is 3.19. The molecule has 1 saturated heterocycles. The molecule has 3 aromatic rings. The number of hydrogen-bond donors (Lipinski definition) is 3. The van der Waals surface area contributed by atoms with E-state index >= 15 is 0 Å². The van der Waals surface area contributed by atoms with Crippen LogP contribution in [0.15, 0.2) is 30.5 Å². The number of benzene rings is 1. The number of halogens is 3. The van der Waals surface area contributed by atoms with E-state index in [4.69, 9.17) is 11.6 Å². The number of rotatable bonds is 6. The molecular formula is C22H28Cl3N5OS. The van der Waals surface area contributed by atoms with Gasteiger partial charge in [-0.05, 0) is 56.0 Å². The number of anilines is 1. The van der Waals surface area contributed by atoms with Crippen LogP contribution in [0.2, 0.25) is 5.02 Å². The van der Waals surface area contributed by atoms with Crippen LogP contribution in [-0.4, -0.2) is 42.6 Å². The van der Waals surface area contributed by atoms with E-state index in [9.17, 15) is 4.79 Å². The van der Waals surface area contributed by atoms with Crippen molar-refractivity contribution < 1.29 is 4.79 Å². The van der Waals surface area contributed by atoms with Crippen LogP contribution in [0.5, 0.6) is 0 Å². The topological polar surface area (TPSA) is 78.9 Å². The summed E-state index contributed by atoms with van der Waals surface area (Å²) in [6.45, 7) is 5.35. The van der Waals surface area contributed by atoms with Gasteiger partial charge in [0, 0.05) is 29.2 Å². The smallest absolute Gasteiger partial charge is 0.251 e. The van der Waals surface area contributed by atoms with E-state index in [0.717, 1.165) is 41.0 Å². The molecule has 0 bridgehead atoms. The Bertz CT molecular complexity index is 1070. The maximum absolute atomic E-state index is 12.2. The molecule has 1 aliphatic heterocycles. The van der Waals surface area contributed by atoms with Gasteiger partial charge in [0.1, 0.15) is 5.69 Å². The van der Waals surface area contributed by atoms with Crippen LogP contribution in [0.4, 0.5) is 5.95 Å². The highest BCUT2D eigenvalue weighted by Gasteiger charge is 2.26. The van der Waals surface area contributed by atoms with Crippen molar-refractivity contribution >= 4 is 69.7 Å². The number of carbonyl (C=O) groups is 1. The van der Waals surface area contributed by atoms with Gasteiger partial charge in [0.05, 0.1) is 16.1 Å². The van der Waals surface area contributed by atoms with Crippen molar-refractivity contribution in [2.45, 2.75) is 26.2 Å². The van der Waals surface area contributed by atoms with Crippen LogP contribution in [0.3, 0.4) is 0 Å². The maximum Gasteiger partial charge on any atom is 0.251 e. The number of piperidine rings is 1. The molecule has 0 aliphatic carbocycles. The summed E-state index contributed by atoms with van der Waals surface area (Å²) in [5.74, 6) is 0.475. The molecule has 3 heterocycles. The molecule has 10 heteroatoms. The second-order valence-electron chi connectivity index (χ2n) is 8.03. The Morgan fingerprint density at radius 1 is 1.28 bits per heavy atom. The fraction of sp³-hybridized carbons (Fsp3) is 0.409. The third-order valence-electron chi connectivity index (χ3n) is 5.83. The van der Waals surface area contributed by atoms with Crippen LogP contribution >= 0.6 is 47.8 Å². The summed E-state index contributed by atoms with van der Waals surface area (Å²) in [5, 5.41) is 10.9. The first-order valence-electron chi connectivity index (χ1n) is 10.2. The monoisotopic (exact) mass is 515 g/mol. The lowest BCUT2D eigenvalue weighted by molar-refractivity contribution is 0.0964. The first-order valence-corrected chi connectivity index (χ1v) is 11.4. The van der Waals surface area contributed by atoms with Gasteiger partial charge in [-0.3, -0.25) is 4.79 Å². The van der Waals surface area contributed by atoms with Gasteiger partial charge in [0.2, 0.25) is 5.95 Å². The predicted molar refractivity (Wildman–Crippen MR) is 139 cm³/mol. The van der Waals surface area contributed by atoms with E-state index in [0.29, 0.717) is 27.6 Å². The van der Waals surface area contributed by atoms with Crippen LogP contribution in [0, 0.1) is 5.41 Å². The minimum absolute atomic E-state index is 0. The van der Waals surface area contributed by atoms with Gasteiger partial charge in [-0.2, -0.15) is 0 Å². The highest BCUT2D eigenvalue weighted by molar-refractivity contribution is 7.22. The fourth-order valence-electron chi connectivity index (χ4n) is 3.89. The number of carbonyl (C=O) groups excluding carboxylic acids is 1. The molecule has 0 radical (unpaired) electrons. The number of hydrogen-bond acceptors (Lipinski definition) is 6. The number of nitrogens with one attached hydrogen (secondary N) is 3. The Labute approximate surface area is 209 Å². The van der Waals surface area contributed by atoms with Crippen molar-refractivity contribution in [3.05, 3.63) is 41.0 Å². The van der Waals surface area contributed by atoms with E-state index in [1.807, 2.05) is 24.3 Å². The van der Waals surface area contributed by atoms with Gasteiger partial charge in [-0.15, -0.1) is 36.2 Å². The van der Waals surface area contributed by atoms with Crippen molar-refractivity contribution in [2.24, 2.45) is 5.41 Å². The lowest BCUT2D eigenvalue weighted by Crippen LogP contribution is -2.35. The van der Waals surface area contributed by atoms with E-state index in [1.54, 1.807) is 24.6 Å². The third kappa shape index (κ3) is 5.83. The summed E-state index contributed by atoms with van der Waals surface area (Å²) in [6.07, 6.45) is 5.10. The molecule has 2 aromatic heterocycles. The highest BCUT2D eigenvalue weighted by atomic mass is 35.5. The first kappa shape index (κ1) is 26.6. The predicted octanol–water partition coefficient (Wildman–Crippen LogP) is 5.41. The van der Waals surface area contributed by atoms with Gasteiger partial charge >= 0.3 is 0 Å². The normalized spacial score (nSPS) is 14.8. The molecule has 0 spiro atoms. The minimum Gasteiger partial charge on any atom is -0.355 e. The lowest BCUT2D eigenvalue weighted by atomic mass is 9.78. The molecule has 174 valence electrons. The molecule has 6 nitrogen and oxygen atoms in total. The molecule has 1 amide bonds. The molecule has 3 N–H and O–H groups in total. The van der Waals surface area contributed by atoms with E-state index in [2.05, 4.69) is 32.8 Å². The molecule has 1 fully saturated rings. The molecule has 1 aliphatic rings. The zero-order valence-corrected chi connectivity index (χ0v) is 21.2. The Hall–Kier alpha value is -1.64. The molecule has 0 atom stereocenters.